The van der Waals surface area contributed by atoms with Crippen LogP contribution in [0, 0.1) is 5.82 Å². The summed E-state index contributed by atoms with van der Waals surface area (Å²) in [6, 6.07) is 16.0. The van der Waals surface area contributed by atoms with Crippen molar-refractivity contribution in [2.75, 3.05) is 0 Å². The normalized spacial score (nSPS) is 11.2. The summed E-state index contributed by atoms with van der Waals surface area (Å²) < 4.78 is 13.4. The summed E-state index contributed by atoms with van der Waals surface area (Å²) in [7, 11) is 0. The molecule has 0 atom stereocenters. The Bertz CT molecular complexity index is 747. The van der Waals surface area contributed by atoms with E-state index < -0.39 is 0 Å². The second-order valence-corrected chi connectivity index (χ2v) is 4.34. The summed E-state index contributed by atoms with van der Waals surface area (Å²) >= 11 is 0. The molecule has 3 aromatic rings. The van der Waals surface area contributed by atoms with E-state index in [2.05, 4.69) is 29.2 Å². The highest BCUT2D eigenvalue weighted by atomic mass is 19.1. The molecule has 0 unspecified atom stereocenters. The van der Waals surface area contributed by atoms with Crippen LogP contribution in [0.4, 0.5) is 4.39 Å². The number of aromatic nitrogens is 1. The summed E-state index contributed by atoms with van der Waals surface area (Å²) in [6.07, 6.45) is 6.48. The van der Waals surface area contributed by atoms with E-state index in [1.165, 1.54) is 17.0 Å². The van der Waals surface area contributed by atoms with E-state index in [1.54, 1.807) is 18.3 Å². The molecule has 0 saturated heterocycles. The van der Waals surface area contributed by atoms with Gasteiger partial charge in [0.2, 0.25) is 0 Å². The van der Waals surface area contributed by atoms with E-state index in [0.29, 0.717) is 5.56 Å². The average Bonchev–Trinajstić information content (AvgIpc) is 2.46. The van der Waals surface area contributed by atoms with Crippen molar-refractivity contribution in [1.29, 1.82) is 0 Å². The van der Waals surface area contributed by atoms with Gasteiger partial charge in [-0.05, 0) is 28.5 Å². The average molecular weight is 249 g/mol. The molecule has 0 radical (unpaired) electrons. The number of hydrogen-bond donors (Lipinski definition) is 0. The molecule has 3 rings (SSSR count). The van der Waals surface area contributed by atoms with E-state index in [9.17, 15) is 4.39 Å². The number of fused-ring (bicyclic) bond motifs is 1. The van der Waals surface area contributed by atoms with Crippen LogP contribution in [-0.2, 0) is 0 Å². The third kappa shape index (κ3) is 2.52. The first-order chi connectivity index (χ1) is 9.33. The summed E-state index contributed by atoms with van der Waals surface area (Å²) in [4.78, 5) is 3.73. The Morgan fingerprint density at radius 3 is 2.58 bits per heavy atom. The minimum Gasteiger partial charge on any atom is -0.262 e. The zero-order valence-corrected chi connectivity index (χ0v) is 10.3. The lowest BCUT2D eigenvalue weighted by atomic mass is 10.1. The van der Waals surface area contributed by atoms with Crippen LogP contribution in [0.15, 0.2) is 60.9 Å². The topological polar surface area (TPSA) is 12.9 Å². The fourth-order valence-electron chi connectivity index (χ4n) is 2.02. The van der Waals surface area contributed by atoms with E-state index in [0.717, 1.165) is 5.56 Å². The predicted octanol–water partition coefficient (Wildman–Crippen LogP) is 4.54. The van der Waals surface area contributed by atoms with Gasteiger partial charge >= 0.3 is 0 Å². The fraction of sp³-hybridized carbons (Fsp3) is 0. The van der Waals surface area contributed by atoms with Gasteiger partial charge < -0.3 is 0 Å². The molecule has 1 aromatic heterocycles. The standard InChI is InChI=1S/C17H12FN/c18-17-12-19-10-9-15(17)8-6-13-5-7-14-3-1-2-4-16(14)11-13/h1-12H/b8-6+. The number of halogens is 1. The van der Waals surface area contributed by atoms with Gasteiger partial charge in [0, 0.05) is 11.8 Å². The van der Waals surface area contributed by atoms with Crippen LogP contribution in [0.3, 0.4) is 0 Å². The number of hydrogen-bond acceptors (Lipinski definition) is 1. The molecule has 0 amide bonds. The molecular formula is C17H12FN. The molecule has 1 nitrogen and oxygen atoms in total. The Hall–Kier alpha value is -2.48. The summed E-state index contributed by atoms with van der Waals surface area (Å²) in [5.41, 5.74) is 1.60. The Morgan fingerprint density at radius 2 is 1.74 bits per heavy atom. The zero-order chi connectivity index (χ0) is 13.1. The van der Waals surface area contributed by atoms with Gasteiger partial charge in [0.25, 0.3) is 0 Å². The van der Waals surface area contributed by atoms with Gasteiger partial charge in [0.05, 0.1) is 6.20 Å². The first-order valence-electron chi connectivity index (χ1n) is 6.09. The molecule has 0 saturated carbocycles. The molecule has 0 spiro atoms. The molecule has 2 aromatic carbocycles. The second-order valence-electron chi connectivity index (χ2n) is 4.34. The van der Waals surface area contributed by atoms with Crippen LogP contribution >= 0.6 is 0 Å². The highest BCUT2D eigenvalue weighted by Gasteiger charge is 1.97. The quantitative estimate of drug-likeness (QED) is 0.649. The number of pyridine rings is 1. The van der Waals surface area contributed by atoms with Crippen molar-refractivity contribution in [3.05, 3.63) is 77.9 Å². The van der Waals surface area contributed by atoms with Gasteiger partial charge in [-0.15, -0.1) is 0 Å². The van der Waals surface area contributed by atoms with Crippen molar-refractivity contribution < 1.29 is 4.39 Å². The molecule has 0 bridgehead atoms. The molecule has 0 aliphatic carbocycles. The summed E-state index contributed by atoms with van der Waals surface area (Å²) in [5, 5.41) is 2.38. The zero-order valence-electron chi connectivity index (χ0n) is 10.3. The maximum atomic E-state index is 13.4. The molecule has 19 heavy (non-hydrogen) atoms. The lowest BCUT2D eigenvalue weighted by Gasteiger charge is -1.99. The van der Waals surface area contributed by atoms with Crippen molar-refractivity contribution in [3.8, 4) is 0 Å². The van der Waals surface area contributed by atoms with Crippen molar-refractivity contribution >= 4 is 22.9 Å². The monoisotopic (exact) mass is 249 g/mol. The minimum absolute atomic E-state index is 0.306. The molecule has 0 N–H and O–H groups in total. The Balaban J connectivity index is 1.95. The number of nitrogens with zero attached hydrogens (tertiary/aromatic N) is 1. The molecule has 0 aliphatic rings. The van der Waals surface area contributed by atoms with E-state index in [4.69, 9.17) is 0 Å². The largest absolute Gasteiger partial charge is 0.262 e. The molecule has 92 valence electrons. The predicted molar refractivity (Wildman–Crippen MR) is 77.1 cm³/mol. The molecular weight excluding hydrogens is 237 g/mol. The molecule has 0 aliphatic heterocycles. The third-order valence-corrected chi connectivity index (χ3v) is 3.03. The van der Waals surface area contributed by atoms with Crippen LogP contribution in [0.1, 0.15) is 11.1 Å². The summed E-state index contributed by atoms with van der Waals surface area (Å²) in [6.45, 7) is 0. The van der Waals surface area contributed by atoms with Gasteiger partial charge in [0.15, 0.2) is 0 Å². The smallest absolute Gasteiger partial charge is 0.148 e. The Kier molecular flexibility index (Phi) is 3.07. The van der Waals surface area contributed by atoms with Crippen LogP contribution in [0.5, 0.6) is 0 Å². The number of benzene rings is 2. The molecule has 1 heterocycles. The highest BCUT2D eigenvalue weighted by Crippen LogP contribution is 2.17. The van der Waals surface area contributed by atoms with Gasteiger partial charge in [-0.2, -0.15) is 0 Å². The highest BCUT2D eigenvalue weighted by molar-refractivity contribution is 5.85. The van der Waals surface area contributed by atoms with E-state index in [1.807, 2.05) is 24.3 Å². The van der Waals surface area contributed by atoms with Crippen molar-refractivity contribution in [3.63, 3.8) is 0 Å². The van der Waals surface area contributed by atoms with Crippen LogP contribution in [0.25, 0.3) is 22.9 Å². The summed E-state index contributed by atoms with van der Waals surface area (Å²) in [5.74, 6) is -0.306. The first kappa shape index (κ1) is 11.6. The third-order valence-electron chi connectivity index (χ3n) is 3.03. The second kappa shape index (κ2) is 5.02. The van der Waals surface area contributed by atoms with Gasteiger partial charge in [-0.1, -0.05) is 48.6 Å². The van der Waals surface area contributed by atoms with Crippen molar-refractivity contribution in [2.45, 2.75) is 0 Å². The van der Waals surface area contributed by atoms with E-state index in [-0.39, 0.29) is 5.82 Å². The van der Waals surface area contributed by atoms with E-state index >= 15 is 0 Å². The Morgan fingerprint density at radius 1 is 0.895 bits per heavy atom. The SMILES string of the molecule is Fc1cnccc1/C=C/c1ccc2ccccc2c1. The van der Waals surface area contributed by atoms with Crippen LogP contribution < -0.4 is 0 Å². The van der Waals surface area contributed by atoms with Gasteiger partial charge in [-0.3, -0.25) is 4.98 Å². The fourth-order valence-corrected chi connectivity index (χ4v) is 2.02. The van der Waals surface area contributed by atoms with Crippen molar-refractivity contribution in [1.82, 2.24) is 4.98 Å². The molecule has 0 fully saturated rings. The lowest BCUT2D eigenvalue weighted by Crippen LogP contribution is -1.82. The van der Waals surface area contributed by atoms with Gasteiger partial charge in [-0.25, -0.2) is 4.39 Å². The maximum absolute atomic E-state index is 13.4. The van der Waals surface area contributed by atoms with Crippen LogP contribution in [-0.4, -0.2) is 4.98 Å². The Labute approximate surface area is 111 Å². The van der Waals surface area contributed by atoms with Crippen LogP contribution in [0.2, 0.25) is 0 Å². The maximum Gasteiger partial charge on any atom is 0.148 e. The minimum atomic E-state index is -0.306. The number of rotatable bonds is 2. The lowest BCUT2D eigenvalue weighted by molar-refractivity contribution is 0.618. The first-order valence-corrected chi connectivity index (χ1v) is 6.09. The van der Waals surface area contributed by atoms with Crippen molar-refractivity contribution in [2.24, 2.45) is 0 Å². The molecule has 2 heteroatoms. The van der Waals surface area contributed by atoms with Gasteiger partial charge in [0.1, 0.15) is 5.82 Å².